The second-order valence-electron chi connectivity index (χ2n) is 8.89. The fourth-order valence-corrected chi connectivity index (χ4v) is 4.52. The number of hydrogen-bond donors (Lipinski definition) is 1. The molecule has 37 heavy (non-hydrogen) atoms. The SMILES string of the molecule is COc1ccc(-c2noc(C3=C(C)N(c4ccc(C)c(C)c4)C(=O)NC3c3ccccc3)n2)cc1OC. The molecule has 1 unspecified atom stereocenters. The number of ether oxygens (including phenoxy) is 2. The van der Waals surface area contributed by atoms with Crippen LogP contribution in [0.15, 0.2) is 77.0 Å². The van der Waals surface area contributed by atoms with Gasteiger partial charge in [0.15, 0.2) is 11.5 Å². The maximum Gasteiger partial charge on any atom is 0.326 e. The molecular weight excluding hydrogens is 468 g/mol. The van der Waals surface area contributed by atoms with Crippen LogP contribution in [0.25, 0.3) is 17.0 Å². The Labute approximate surface area is 215 Å². The molecule has 1 aliphatic rings. The number of nitrogens with zero attached hydrogens (tertiary/aromatic N) is 3. The van der Waals surface area contributed by atoms with Gasteiger partial charge in [0.05, 0.1) is 31.5 Å². The summed E-state index contributed by atoms with van der Waals surface area (Å²) in [5.41, 5.74) is 6.08. The van der Waals surface area contributed by atoms with E-state index in [0.717, 1.165) is 28.0 Å². The Hall–Kier alpha value is -4.59. The minimum absolute atomic E-state index is 0.224. The van der Waals surface area contributed by atoms with E-state index in [4.69, 9.17) is 19.0 Å². The van der Waals surface area contributed by atoms with Gasteiger partial charge in [-0.05, 0) is 67.8 Å². The number of methoxy groups -OCH3 is 2. The number of hydrogen-bond acceptors (Lipinski definition) is 6. The van der Waals surface area contributed by atoms with Crippen LogP contribution in [-0.2, 0) is 0 Å². The molecule has 0 saturated carbocycles. The highest BCUT2D eigenvalue weighted by Gasteiger charge is 2.36. The normalized spacial score (nSPS) is 15.5. The summed E-state index contributed by atoms with van der Waals surface area (Å²) >= 11 is 0. The number of aryl methyl sites for hydroxylation is 2. The molecule has 0 saturated heterocycles. The molecule has 5 rings (SSSR count). The van der Waals surface area contributed by atoms with Crippen molar-refractivity contribution in [1.82, 2.24) is 15.5 Å². The van der Waals surface area contributed by atoms with Gasteiger partial charge < -0.3 is 19.3 Å². The third kappa shape index (κ3) is 4.42. The number of amides is 2. The quantitative estimate of drug-likeness (QED) is 0.348. The number of carbonyl (C=O) groups is 1. The lowest BCUT2D eigenvalue weighted by atomic mass is 9.94. The van der Waals surface area contributed by atoms with Gasteiger partial charge in [0.2, 0.25) is 5.82 Å². The van der Waals surface area contributed by atoms with Crippen LogP contribution in [0.1, 0.15) is 35.5 Å². The zero-order chi connectivity index (χ0) is 26.1. The molecule has 0 aliphatic carbocycles. The number of allylic oxidation sites excluding steroid dienone is 1. The summed E-state index contributed by atoms with van der Waals surface area (Å²) < 4.78 is 16.6. The second-order valence-corrected chi connectivity index (χ2v) is 8.89. The van der Waals surface area contributed by atoms with Crippen LogP contribution < -0.4 is 19.7 Å². The van der Waals surface area contributed by atoms with Gasteiger partial charge in [-0.1, -0.05) is 41.6 Å². The maximum atomic E-state index is 13.4. The van der Waals surface area contributed by atoms with Crippen molar-refractivity contribution in [2.24, 2.45) is 0 Å². The van der Waals surface area contributed by atoms with Crippen molar-refractivity contribution >= 4 is 17.3 Å². The molecule has 2 heterocycles. The summed E-state index contributed by atoms with van der Waals surface area (Å²) in [5.74, 6) is 1.90. The number of urea groups is 1. The standard InChI is InChI=1S/C29H28N4O4/c1-17-11-13-22(15-18(17)2)33-19(3)25(26(30-29(33)34)20-9-7-6-8-10-20)28-31-27(32-37-28)21-12-14-23(35-4)24(16-21)36-5/h6-16,26H,1-5H3,(H,30,34). The summed E-state index contributed by atoms with van der Waals surface area (Å²) in [7, 11) is 3.16. The molecule has 0 fully saturated rings. The molecule has 4 aromatic rings. The lowest BCUT2D eigenvalue weighted by Gasteiger charge is -2.35. The van der Waals surface area contributed by atoms with E-state index in [9.17, 15) is 4.79 Å². The van der Waals surface area contributed by atoms with Gasteiger partial charge in [-0.3, -0.25) is 4.90 Å². The highest BCUT2D eigenvalue weighted by atomic mass is 16.5. The molecule has 0 spiro atoms. The average molecular weight is 497 g/mol. The second kappa shape index (κ2) is 9.81. The monoisotopic (exact) mass is 496 g/mol. The Morgan fingerprint density at radius 1 is 0.892 bits per heavy atom. The molecule has 1 aliphatic heterocycles. The summed E-state index contributed by atoms with van der Waals surface area (Å²) in [5, 5.41) is 7.39. The Bertz CT molecular complexity index is 1490. The number of anilines is 1. The first-order valence-corrected chi connectivity index (χ1v) is 11.9. The molecule has 2 amide bonds. The number of nitrogens with one attached hydrogen (secondary N) is 1. The van der Waals surface area contributed by atoms with E-state index >= 15 is 0 Å². The number of benzene rings is 3. The first kappa shape index (κ1) is 24.1. The van der Waals surface area contributed by atoms with Crippen molar-refractivity contribution in [2.75, 3.05) is 19.1 Å². The lowest BCUT2D eigenvalue weighted by Crippen LogP contribution is -2.46. The zero-order valence-electron chi connectivity index (χ0n) is 21.4. The van der Waals surface area contributed by atoms with Crippen LogP contribution in [-0.4, -0.2) is 30.4 Å². The molecule has 188 valence electrons. The molecule has 3 aromatic carbocycles. The minimum atomic E-state index is -0.463. The molecular formula is C29H28N4O4. The van der Waals surface area contributed by atoms with Crippen molar-refractivity contribution in [2.45, 2.75) is 26.8 Å². The van der Waals surface area contributed by atoms with Crippen molar-refractivity contribution in [3.05, 3.63) is 95.0 Å². The fourth-order valence-electron chi connectivity index (χ4n) is 4.52. The largest absolute Gasteiger partial charge is 0.493 e. The Morgan fingerprint density at radius 3 is 2.35 bits per heavy atom. The van der Waals surface area contributed by atoms with Gasteiger partial charge in [0, 0.05) is 11.3 Å². The van der Waals surface area contributed by atoms with Crippen LogP contribution in [0, 0.1) is 13.8 Å². The van der Waals surface area contributed by atoms with E-state index in [2.05, 4.69) is 10.5 Å². The molecule has 1 atom stereocenters. The minimum Gasteiger partial charge on any atom is -0.493 e. The average Bonchev–Trinajstić information content (AvgIpc) is 3.40. The molecule has 8 nitrogen and oxygen atoms in total. The van der Waals surface area contributed by atoms with Crippen LogP contribution in [0.5, 0.6) is 11.5 Å². The zero-order valence-corrected chi connectivity index (χ0v) is 21.4. The highest BCUT2D eigenvalue weighted by molar-refractivity contribution is 6.01. The molecule has 8 heteroatoms. The van der Waals surface area contributed by atoms with Gasteiger partial charge in [-0.15, -0.1) is 0 Å². The highest BCUT2D eigenvalue weighted by Crippen LogP contribution is 2.40. The van der Waals surface area contributed by atoms with Crippen molar-refractivity contribution in [3.63, 3.8) is 0 Å². The number of rotatable bonds is 6. The third-order valence-electron chi connectivity index (χ3n) is 6.66. The first-order chi connectivity index (χ1) is 17.9. The maximum absolute atomic E-state index is 13.4. The van der Waals surface area contributed by atoms with Gasteiger partial charge >= 0.3 is 6.03 Å². The van der Waals surface area contributed by atoms with E-state index in [0.29, 0.717) is 34.5 Å². The van der Waals surface area contributed by atoms with E-state index < -0.39 is 6.04 Å². The Morgan fingerprint density at radius 2 is 1.65 bits per heavy atom. The van der Waals surface area contributed by atoms with Crippen LogP contribution in [0.2, 0.25) is 0 Å². The van der Waals surface area contributed by atoms with E-state index in [1.807, 2.05) is 75.4 Å². The van der Waals surface area contributed by atoms with Gasteiger partial charge in [0.25, 0.3) is 5.89 Å². The molecule has 1 N–H and O–H groups in total. The summed E-state index contributed by atoms with van der Waals surface area (Å²) in [6, 6.07) is 20.5. The number of carbonyl (C=O) groups excluding carboxylic acids is 1. The predicted octanol–water partition coefficient (Wildman–Crippen LogP) is 6.07. The van der Waals surface area contributed by atoms with Crippen molar-refractivity contribution in [1.29, 1.82) is 0 Å². The van der Waals surface area contributed by atoms with Crippen LogP contribution >= 0.6 is 0 Å². The molecule has 0 bridgehead atoms. The van der Waals surface area contributed by atoms with Crippen LogP contribution in [0.3, 0.4) is 0 Å². The fraction of sp³-hybridized carbons (Fsp3) is 0.207. The summed E-state index contributed by atoms with van der Waals surface area (Å²) in [6.45, 7) is 5.98. The number of aromatic nitrogens is 2. The predicted molar refractivity (Wildman–Crippen MR) is 142 cm³/mol. The molecule has 0 radical (unpaired) electrons. The van der Waals surface area contributed by atoms with Crippen molar-refractivity contribution < 1.29 is 18.8 Å². The Balaban J connectivity index is 1.64. The topological polar surface area (TPSA) is 89.7 Å². The van der Waals surface area contributed by atoms with E-state index in [-0.39, 0.29) is 6.03 Å². The Kier molecular flexibility index (Phi) is 6.40. The van der Waals surface area contributed by atoms with E-state index in [1.54, 1.807) is 31.3 Å². The van der Waals surface area contributed by atoms with Crippen LogP contribution in [0.4, 0.5) is 10.5 Å². The summed E-state index contributed by atoms with van der Waals surface area (Å²) in [4.78, 5) is 19.8. The van der Waals surface area contributed by atoms with Gasteiger partial charge in [-0.25, -0.2) is 4.79 Å². The van der Waals surface area contributed by atoms with Gasteiger partial charge in [-0.2, -0.15) is 4.98 Å². The lowest BCUT2D eigenvalue weighted by molar-refractivity contribution is 0.244. The smallest absolute Gasteiger partial charge is 0.326 e. The first-order valence-electron chi connectivity index (χ1n) is 11.9. The van der Waals surface area contributed by atoms with E-state index in [1.165, 1.54) is 0 Å². The summed E-state index contributed by atoms with van der Waals surface area (Å²) in [6.07, 6.45) is 0. The van der Waals surface area contributed by atoms with Gasteiger partial charge in [0.1, 0.15) is 0 Å². The van der Waals surface area contributed by atoms with Crippen molar-refractivity contribution in [3.8, 4) is 22.9 Å². The molecule has 1 aromatic heterocycles. The third-order valence-corrected chi connectivity index (χ3v) is 6.66.